The lowest BCUT2D eigenvalue weighted by molar-refractivity contribution is -0.242. The Morgan fingerprint density at radius 1 is 0.442 bits per heavy atom. The number of rotatable bonds is 2. The molecule has 0 N–H and O–H groups in total. The molecule has 6 fully saturated rings. The molecule has 6 saturated carbocycles. The van der Waals surface area contributed by atoms with Gasteiger partial charge >= 0.3 is 0 Å². The summed E-state index contributed by atoms with van der Waals surface area (Å²) in [6, 6.07) is 41.7. The second-order valence-electron chi connectivity index (χ2n) is 18.1. The van der Waals surface area contributed by atoms with E-state index >= 15 is 0 Å². The van der Waals surface area contributed by atoms with E-state index in [0.717, 1.165) is 23.7 Å². The Hall–Kier alpha value is -4.34. The van der Waals surface area contributed by atoms with E-state index in [1.807, 2.05) is 0 Å². The van der Waals surface area contributed by atoms with E-state index in [9.17, 15) is 0 Å². The van der Waals surface area contributed by atoms with Crippen molar-refractivity contribution in [2.24, 2.45) is 35.5 Å². The zero-order valence-corrected chi connectivity index (χ0v) is 29.9. The lowest BCUT2D eigenvalue weighted by Gasteiger charge is -2.62. The zero-order valence-electron chi connectivity index (χ0n) is 29.9. The van der Waals surface area contributed by atoms with Crippen LogP contribution in [0, 0.1) is 35.5 Å². The minimum atomic E-state index is -0.111. The number of nitrogens with zero attached hydrogens (tertiary/aromatic N) is 2. The fourth-order valence-corrected chi connectivity index (χ4v) is 13.9. The van der Waals surface area contributed by atoms with Crippen LogP contribution < -0.4 is 0 Å². The van der Waals surface area contributed by atoms with Crippen molar-refractivity contribution in [1.29, 1.82) is 0 Å². The third kappa shape index (κ3) is 3.86. The van der Waals surface area contributed by atoms with Gasteiger partial charge in [0.05, 0.1) is 33.8 Å². The van der Waals surface area contributed by atoms with Crippen LogP contribution in [-0.4, -0.2) is 15.2 Å². The number of aromatic nitrogens is 2. The first kappa shape index (κ1) is 29.2. The third-order valence-corrected chi connectivity index (χ3v) is 15.4. The maximum Gasteiger partial charge on any atom is 0.0994 e. The SMILES string of the molecule is c1ccc(-n2c3ccccc3c3ccc(-n4c5ccccc5c5cc6c(cc54)C4CC5CC(CC(C5)OC65C6CC7CC(C6)CC5C7)C4)cc32)cc1. The summed E-state index contributed by atoms with van der Waals surface area (Å²) in [7, 11) is 0. The summed E-state index contributed by atoms with van der Waals surface area (Å²) in [6.45, 7) is 0. The van der Waals surface area contributed by atoms with E-state index in [-0.39, 0.29) is 5.60 Å². The van der Waals surface area contributed by atoms with Gasteiger partial charge in [0, 0.05) is 32.9 Å². The average molecular weight is 679 g/mol. The fourth-order valence-electron chi connectivity index (χ4n) is 13.9. The van der Waals surface area contributed by atoms with Crippen molar-refractivity contribution < 1.29 is 4.74 Å². The molecule has 15 rings (SSSR count). The highest BCUT2D eigenvalue weighted by atomic mass is 16.5. The number of ether oxygens (including phenoxy) is 1. The zero-order chi connectivity index (χ0) is 33.7. The highest BCUT2D eigenvalue weighted by Crippen LogP contribution is 2.66. The van der Waals surface area contributed by atoms with Crippen LogP contribution in [0.4, 0.5) is 0 Å². The van der Waals surface area contributed by atoms with Crippen molar-refractivity contribution in [3.05, 3.63) is 120 Å². The molecule has 2 unspecified atom stereocenters. The molecule has 8 bridgehead atoms. The van der Waals surface area contributed by atoms with Gasteiger partial charge in [-0.2, -0.15) is 0 Å². The molecule has 4 heterocycles. The van der Waals surface area contributed by atoms with E-state index in [2.05, 4.69) is 118 Å². The smallest absolute Gasteiger partial charge is 0.0994 e. The van der Waals surface area contributed by atoms with Gasteiger partial charge in [-0.25, -0.2) is 0 Å². The van der Waals surface area contributed by atoms with Gasteiger partial charge in [0.15, 0.2) is 0 Å². The Morgan fingerprint density at radius 2 is 1.00 bits per heavy atom. The molecule has 8 aliphatic rings. The average Bonchev–Trinajstić information content (AvgIpc) is 3.68. The van der Waals surface area contributed by atoms with Crippen LogP contribution in [0.2, 0.25) is 0 Å². The molecule has 5 aromatic carbocycles. The Labute approximate surface area is 305 Å². The number of hydrogen-bond donors (Lipinski definition) is 0. The predicted molar refractivity (Wildman–Crippen MR) is 212 cm³/mol. The second-order valence-corrected chi connectivity index (χ2v) is 18.1. The van der Waals surface area contributed by atoms with Gasteiger partial charge in [-0.15, -0.1) is 0 Å². The summed E-state index contributed by atoms with van der Waals surface area (Å²) in [5.41, 5.74) is 10.8. The van der Waals surface area contributed by atoms with Crippen molar-refractivity contribution in [3.8, 4) is 11.4 Å². The van der Waals surface area contributed by atoms with E-state index in [1.54, 1.807) is 11.1 Å². The normalized spacial score (nSPS) is 33.0. The molecule has 0 saturated heterocycles. The first-order valence-electron chi connectivity index (χ1n) is 20.5. The van der Waals surface area contributed by atoms with E-state index in [4.69, 9.17) is 4.74 Å². The van der Waals surface area contributed by atoms with Gasteiger partial charge in [-0.05, 0) is 165 Å². The second kappa shape index (κ2) is 10.4. The van der Waals surface area contributed by atoms with Crippen LogP contribution >= 0.6 is 0 Å². The molecule has 3 nitrogen and oxygen atoms in total. The highest BCUT2D eigenvalue weighted by molar-refractivity contribution is 6.12. The molecule has 1 spiro atoms. The van der Waals surface area contributed by atoms with Crippen LogP contribution in [0.1, 0.15) is 81.3 Å². The quantitative estimate of drug-likeness (QED) is 0.178. The van der Waals surface area contributed by atoms with E-state index in [0.29, 0.717) is 23.9 Å². The molecule has 52 heavy (non-hydrogen) atoms. The Kier molecular flexibility index (Phi) is 5.84. The van der Waals surface area contributed by atoms with Gasteiger partial charge in [-0.3, -0.25) is 0 Å². The van der Waals surface area contributed by atoms with Gasteiger partial charge in [0.1, 0.15) is 0 Å². The molecular formula is C49H46N2O. The highest BCUT2D eigenvalue weighted by Gasteiger charge is 2.61. The van der Waals surface area contributed by atoms with Gasteiger partial charge in [0.25, 0.3) is 0 Å². The van der Waals surface area contributed by atoms with Crippen LogP contribution in [0.25, 0.3) is 55.0 Å². The molecule has 2 atom stereocenters. The third-order valence-electron chi connectivity index (χ3n) is 15.4. The molecule has 0 radical (unpaired) electrons. The molecule has 2 aliphatic heterocycles. The van der Waals surface area contributed by atoms with Crippen LogP contribution in [0.3, 0.4) is 0 Å². The summed E-state index contributed by atoms with van der Waals surface area (Å²) >= 11 is 0. The number of hydrogen-bond acceptors (Lipinski definition) is 1. The Morgan fingerprint density at radius 3 is 1.69 bits per heavy atom. The van der Waals surface area contributed by atoms with Crippen molar-refractivity contribution in [2.75, 3.05) is 0 Å². The lowest BCUT2D eigenvalue weighted by atomic mass is 9.48. The molecule has 258 valence electrons. The largest absolute Gasteiger partial charge is 0.366 e. The maximum absolute atomic E-state index is 7.91. The number of para-hydroxylation sites is 3. The molecule has 7 aromatic rings. The minimum Gasteiger partial charge on any atom is -0.366 e. The lowest BCUT2D eigenvalue weighted by Crippen LogP contribution is -2.58. The van der Waals surface area contributed by atoms with Crippen LogP contribution in [0.15, 0.2) is 109 Å². The standard InChI is InChI=1S/C49H46N2O/c1-2-8-36(9-3-1)50-45-12-6-4-10-39(45)41-15-14-37(26-47(41)50)51-46-13-7-5-11-40(46)43-27-44-42(28-48(43)51)33-18-29-16-30(19-33)25-38(24-29)52-49(44)34-20-31-17-32(22-34)23-35(49)21-31/h1-15,26-35,38H,16-25H2. The Balaban J connectivity index is 1.10. The van der Waals surface area contributed by atoms with Crippen molar-refractivity contribution in [2.45, 2.75) is 81.8 Å². The van der Waals surface area contributed by atoms with Gasteiger partial charge in [-0.1, -0.05) is 60.7 Å². The minimum absolute atomic E-state index is 0.111. The topological polar surface area (TPSA) is 19.1 Å². The van der Waals surface area contributed by atoms with E-state index < -0.39 is 0 Å². The first-order valence-corrected chi connectivity index (χ1v) is 20.5. The summed E-state index contributed by atoms with van der Waals surface area (Å²) < 4.78 is 13.0. The molecular weight excluding hydrogens is 633 g/mol. The van der Waals surface area contributed by atoms with Crippen molar-refractivity contribution in [3.63, 3.8) is 0 Å². The number of benzene rings is 5. The van der Waals surface area contributed by atoms with Gasteiger partial charge in [0.2, 0.25) is 0 Å². The summed E-state index contributed by atoms with van der Waals surface area (Å²) in [4.78, 5) is 0. The molecule has 2 aromatic heterocycles. The summed E-state index contributed by atoms with van der Waals surface area (Å²) in [5.74, 6) is 5.45. The van der Waals surface area contributed by atoms with Crippen LogP contribution in [0.5, 0.6) is 0 Å². The summed E-state index contributed by atoms with van der Waals surface area (Å²) in [6.07, 6.45) is 14.1. The van der Waals surface area contributed by atoms with Gasteiger partial charge < -0.3 is 13.9 Å². The number of fused-ring (bicyclic) bond motifs is 6. The predicted octanol–water partition coefficient (Wildman–Crippen LogP) is 12.2. The van der Waals surface area contributed by atoms with Crippen molar-refractivity contribution >= 4 is 43.6 Å². The molecule has 0 amide bonds. The van der Waals surface area contributed by atoms with E-state index in [1.165, 1.54) is 119 Å². The maximum atomic E-state index is 7.91. The monoisotopic (exact) mass is 678 g/mol. The Bertz CT molecular complexity index is 2550. The fraction of sp³-hybridized carbons (Fsp3) is 0.388. The van der Waals surface area contributed by atoms with Crippen LogP contribution in [-0.2, 0) is 10.3 Å². The molecule has 6 aliphatic carbocycles. The first-order chi connectivity index (χ1) is 25.7. The molecule has 3 heteroatoms. The van der Waals surface area contributed by atoms with Crippen molar-refractivity contribution in [1.82, 2.24) is 9.13 Å². The summed E-state index contributed by atoms with van der Waals surface area (Å²) in [5, 5.41) is 5.39.